The van der Waals surface area contributed by atoms with Crippen LogP contribution < -0.4 is 11.1 Å². The van der Waals surface area contributed by atoms with Gasteiger partial charge in [-0.1, -0.05) is 60.7 Å². The van der Waals surface area contributed by atoms with Crippen molar-refractivity contribution in [2.45, 2.75) is 31.5 Å². The number of benzene rings is 2. The van der Waals surface area contributed by atoms with Crippen LogP contribution in [0.1, 0.15) is 17.5 Å². The summed E-state index contributed by atoms with van der Waals surface area (Å²) in [5, 5.41) is 27.7. The second-order valence-corrected chi connectivity index (χ2v) is 6.33. The van der Waals surface area contributed by atoms with E-state index in [1.165, 1.54) is 0 Å². The van der Waals surface area contributed by atoms with E-state index in [1.54, 1.807) is 30.3 Å². The van der Waals surface area contributed by atoms with Crippen LogP contribution in [0.3, 0.4) is 0 Å². The molecular weight excluding hydrogens is 408 g/mol. The Bertz CT molecular complexity index is 858. The van der Waals surface area contributed by atoms with Crippen molar-refractivity contribution < 1.29 is 39.2 Å². The van der Waals surface area contributed by atoms with Gasteiger partial charge in [0.25, 0.3) is 0 Å². The van der Waals surface area contributed by atoms with E-state index < -0.39 is 42.5 Å². The minimum atomic E-state index is -1.51. The van der Waals surface area contributed by atoms with Crippen molar-refractivity contribution >= 4 is 24.0 Å². The predicted molar refractivity (Wildman–Crippen MR) is 109 cm³/mol. The number of hydrogen-bond donors (Lipinski definition) is 5. The number of carboxylic acid groups (broad SMARTS) is 3. The molecule has 0 heterocycles. The number of rotatable bonds is 9. The average Bonchev–Trinajstić information content (AvgIpc) is 2.73. The Kier molecular flexibility index (Phi) is 10.8. The lowest BCUT2D eigenvalue weighted by molar-refractivity contribution is -0.145. The molecule has 1 amide bonds. The monoisotopic (exact) mass is 432 g/mol. The molecular formula is C21H24N2O8. The Balaban J connectivity index is 0.000000343. The van der Waals surface area contributed by atoms with E-state index in [9.17, 15) is 19.2 Å². The molecule has 10 heteroatoms. The van der Waals surface area contributed by atoms with Crippen LogP contribution in [0.4, 0.5) is 4.79 Å². The summed E-state index contributed by atoms with van der Waals surface area (Å²) in [5.74, 6) is -3.71. The van der Waals surface area contributed by atoms with E-state index in [1.807, 2.05) is 35.6 Å². The number of aliphatic carboxylic acids is 3. The molecule has 0 aliphatic heterocycles. The van der Waals surface area contributed by atoms with Gasteiger partial charge in [0.1, 0.15) is 18.7 Å². The van der Waals surface area contributed by atoms with Crippen molar-refractivity contribution in [1.82, 2.24) is 5.32 Å². The van der Waals surface area contributed by atoms with Gasteiger partial charge < -0.3 is 31.1 Å². The van der Waals surface area contributed by atoms with Gasteiger partial charge in [-0.05, 0) is 17.5 Å². The fourth-order valence-corrected chi connectivity index (χ4v) is 2.24. The van der Waals surface area contributed by atoms with Gasteiger partial charge >= 0.3 is 24.0 Å². The topological polar surface area (TPSA) is 176 Å². The first kappa shape index (κ1) is 25.1. The van der Waals surface area contributed by atoms with E-state index in [0.717, 1.165) is 11.1 Å². The summed E-state index contributed by atoms with van der Waals surface area (Å²) in [6.45, 7) is -0.0217. The third-order valence-corrected chi connectivity index (χ3v) is 3.80. The van der Waals surface area contributed by atoms with Crippen molar-refractivity contribution in [3.8, 4) is 0 Å². The van der Waals surface area contributed by atoms with Crippen molar-refractivity contribution in [2.24, 2.45) is 5.73 Å². The Labute approximate surface area is 178 Å². The quantitative estimate of drug-likeness (QED) is 0.393. The van der Waals surface area contributed by atoms with Gasteiger partial charge in [0.2, 0.25) is 0 Å². The number of amides is 1. The normalized spacial score (nSPS) is 11.8. The van der Waals surface area contributed by atoms with Crippen molar-refractivity contribution in [3.05, 3.63) is 71.8 Å². The third-order valence-electron chi connectivity index (χ3n) is 3.80. The van der Waals surface area contributed by atoms with Crippen LogP contribution in [0.15, 0.2) is 60.7 Å². The van der Waals surface area contributed by atoms with Crippen LogP contribution in [-0.2, 0) is 32.1 Å². The molecule has 0 radical (unpaired) electrons. The van der Waals surface area contributed by atoms with Gasteiger partial charge in [0, 0.05) is 0 Å². The lowest BCUT2D eigenvalue weighted by Gasteiger charge is -2.12. The molecule has 2 atom stereocenters. The molecule has 166 valence electrons. The van der Waals surface area contributed by atoms with Gasteiger partial charge in [-0.3, -0.25) is 9.59 Å². The maximum atomic E-state index is 11.3. The van der Waals surface area contributed by atoms with Gasteiger partial charge in [-0.15, -0.1) is 0 Å². The highest BCUT2D eigenvalue weighted by molar-refractivity contribution is 5.84. The van der Waals surface area contributed by atoms with Gasteiger partial charge in [-0.2, -0.15) is 0 Å². The molecule has 2 aromatic carbocycles. The standard InChI is InChI=1S/C12H13NO6.C9H11NO2/c14-10(15)6-9(11(16)17)13-12(18)19-7-8-4-2-1-3-5-8;10-8(9(11)12)6-7-4-2-1-3-5-7/h1-5,9H,6-7H2,(H,13,18)(H,14,15)(H,16,17);1-5,8H,6,10H2,(H,11,12)/t9-;8-/m01/s1. The molecule has 6 N–H and O–H groups in total. The third kappa shape index (κ3) is 11.0. The largest absolute Gasteiger partial charge is 0.481 e. The van der Waals surface area contributed by atoms with Gasteiger partial charge in [0.15, 0.2) is 0 Å². The van der Waals surface area contributed by atoms with Crippen molar-refractivity contribution in [1.29, 1.82) is 0 Å². The first-order valence-electron chi connectivity index (χ1n) is 9.13. The number of alkyl carbamates (subject to hydrolysis) is 1. The molecule has 2 rings (SSSR count). The molecule has 0 unspecified atom stereocenters. The Morgan fingerprint density at radius 2 is 1.35 bits per heavy atom. The lowest BCUT2D eigenvalue weighted by Crippen LogP contribution is -2.42. The minimum Gasteiger partial charge on any atom is -0.481 e. The summed E-state index contributed by atoms with van der Waals surface area (Å²) < 4.78 is 4.78. The minimum absolute atomic E-state index is 0.0217. The van der Waals surface area contributed by atoms with E-state index in [2.05, 4.69) is 0 Å². The van der Waals surface area contributed by atoms with E-state index in [0.29, 0.717) is 6.42 Å². The highest BCUT2D eigenvalue weighted by atomic mass is 16.5. The molecule has 0 saturated carbocycles. The summed E-state index contributed by atoms with van der Waals surface area (Å²) in [5.41, 5.74) is 7.04. The molecule has 0 aliphatic rings. The highest BCUT2D eigenvalue weighted by Crippen LogP contribution is 2.02. The Morgan fingerprint density at radius 3 is 1.81 bits per heavy atom. The SMILES string of the molecule is N[C@H](Cc1ccccc1)C(=O)O.O=C(O)C[C@H](NC(=O)OCc1ccccc1)C(=O)O. The van der Waals surface area contributed by atoms with Crippen LogP contribution in [0.2, 0.25) is 0 Å². The molecule has 0 saturated heterocycles. The molecule has 0 aliphatic carbocycles. The van der Waals surface area contributed by atoms with Crippen LogP contribution >= 0.6 is 0 Å². The summed E-state index contributed by atoms with van der Waals surface area (Å²) in [7, 11) is 0. The number of carbonyl (C=O) groups is 4. The lowest BCUT2D eigenvalue weighted by atomic mass is 10.1. The number of ether oxygens (including phenoxy) is 1. The zero-order valence-corrected chi connectivity index (χ0v) is 16.5. The zero-order chi connectivity index (χ0) is 23.2. The van der Waals surface area contributed by atoms with Gasteiger partial charge in [0.05, 0.1) is 6.42 Å². The number of nitrogens with two attached hydrogens (primary N) is 1. The summed E-state index contributed by atoms with van der Waals surface area (Å²) in [4.78, 5) is 42.8. The fourth-order valence-electron chi connectivity index (χ4n) is 2.24. The molecule has 10 nitrogen and oxygen atoms in total. The Hall–Kier alpha value is -3.92. The van der Waals surface area contributed by atoms with Crippen molar-refractivity contribution in [2.75, 3.05) is 0 Å². The van der Waals surface area contributed by atoms with Crippen LogP contribution in [0, 0.1) is 0 Å². The average molecular weight is 432 g/mol. The molecule has 0 spiro atoms. The number of hydrogen-bond acceptors (Lipinski definition) is 6. The van der Waals surface area contributed by atoms with E-state index in [4.69, 9.17) is 25.8 Å². The van der Waals surface area contributed by atoms with E-state index in [-0.39, 0.29) is 6.61 Å². The summed E-state index contributed by atoms with van der Waals surface area (Å²) >= 11 is 0. The maximum absolute atomic E-state index is 11.3. The van der Waals surface area contributed by atoms with Crippen LogP contribution in [0.25, 0.3) is 0 Å². The van der Waals surface area contributed by atoms with Gasteiger partial charge in [-0.25, -0.2) is 9.59 Å². The maximum Gasteiger partial charge on any atom is 0.408 e. The first-order chi connectivity index (χ1) is 14.7. The number of carboxylic acids is 3. The molecule has 0 bridgehead atoms. The Morgan fingerprint density at radius 1 is 0.839 bits per heavy atom. The smallest absolute Gasteiger partial charge is 0.408 e. The molecule has 31 heavy (non-hydrogen) atoms. The second-order valence-electron chi connectivity index (χ2n) is 6.33. The van der Waals surface area contributed by atoms with Crippen LogP contribution in [0.5, 0.6) is 0 Å². The second kappa shape index (κ2) is 13.3. The fraction of sp³-hybridized carbons (Fsp3) is 0.238. The van der Waals surface area contributed by atoms with E-state index >= 15 is 0 Å². The molecule has 0 fully saturated rings. The van der Waals surface area contributed by atoms with Crippen LogP contribution in [-0.4, -0.2) is 51.4 Å². The zero-order valence-electron chi connectivity index (χ0n) is 16.5. The predicted octanol–water partition coefficient (Wildman–Crippen LogP) is 1.48. The first-order valence-corrected chi connectivity index (χ1v) is 9.13. The van der Waals surface area contributed by atoms with Crippen molar-refractivity contribution in [3.63, 3.8) is 0 Å². The highest BCUT2D eigenvalue weighted by Gasteiger charge is 2.23. The number of nitrogens with one attached hydrogen (secondary N) is 1. The summed E-state index contributed by atoms with van der Waals surface area (Å²) in [6.07, 6.45) is -1.30. The molecule has 2 aromatic rings. The summed E-state index contributed by atoms with van der Waals surface area (Å²) in [6, 6.07) is 15.8. The number of carbonyl (C=O) groups excluding carboxylic acids is 1. The molecule has 0 aromatic heterocycles.